The molecule has 9 nitrogen and oxygen atoms in total. The predicted molar refractivity (Wildman–Crippen MR) is 121 cm³/mol. The lowest BCUT2D eigenvalue weighted by Crippen LogP contribution is -2.40. The van der Waals surface area contributed by atoms with Gasteiger partial charge in [0.25, 0.3) is 0 Å². The molecular formula is C22H27F2N3O6S. The molecule has 0 saturated carbocycles. The van der Waals surface area contributed by atoms with Crippen LogP contribution in [0.5, 0.6) is 11.5 Å². The van der Waals surface area contributed by atoms with Gasteiger partial charge in [0.05, 0.1) is 31.8 Å². The van der Waals surface area contributed by atoms with Crippen LogP contribution in [0.15, 0.2) is 47.4 Å². The molecule has 1 fully saturated rings. The third-order valence-corrected chi connectivity index (χ3v) is 6.97. The molecule has 1 heterocycles. The Morgan fingerprint density at radius 3 is 2.44 bits per heavy atom. The van der Waals surface area contributed by atoms with E-state index in [1.165, 1.54) is 41.7 Å². The number of halogens is 2. The summed E-state index contributed by atoms with van der Waals surface area (Å²) in [6.07, 6.45) is 0. The zero-order chi connectivity index (χ0) is 24.7. The third kappa shape index (κ3) is 6.86. The maximum Gasteiger partial charge on any atom is 0.387 e. The Morgan fingerprint density at radius 2 is 1.82 bits per heavy atom. The normalized spacial score (nSPS) is 14.9. The number of carbonyl (C=O) groups is 1. The van der Waals surface area contributed by atoms with E-state index >= 15 is 0 Å². The predicted octanol–water partition coefficient (Wildman–Crippen LogP) is 2.39. The first-order chi connectivity index (χ1) is 16.2. The molecule has 12 heteroatoms. The van der Waals surface area contributed by atoms with Gasteiger partial charge in [-0.2, -0.15) is 13.1 Å². The van der Waals surface area contributed by atoms with Crippen molar-refractivity contribution in [1.82, 2.24) is 9.21 Å². The Labute approximate surface area is 197 Å². The maximum absolute atomic E-state index is 12.7. The molecule has 0 radical (unpaired) electrons. The topological polar surface area (TPSA) is 97.4 Å². The lowest BCUT2D eigenvalue weighted by Gasteiger charge is -2.26. The second kappa shape index (κ2) is 11.6. The lowest BCUT2D eigenvalue weighted by atomic mass is 10.2. The fourth-order valence-electron chi connectivity index (χ4n) is 3.46. The van der Waals surface area contributed by atoms with E-state index in [1.807, 2.05) is 0 Å². The van der Waals surface area contributed by atoms with Crippen molar-refractivity contribution in [2.75, 3.05) is 52.3 Å². The number of morpholine rings is 1. The molecule has 3 rings (SSSR count). The number of rotatable bonds is 10. The fourth-order valence-corrected chi connectivity index (χ4v) is 4.87. The number of hydrogen-bond acceptors (Lipinski definition) is 7. The van der Waals surface area contributed by atoms with Gasteiger partial charge >= 0.3 is 6.61 Å². The van der Waals surface area contributed by atoms with E-state index in [1.54, 1.807) is 24.1 Å². The molecular weight excluding hydrogens is 472 g/mol. The van der Waals surface area contributed by atoms with Crippen LogP contribution >= 0.6 is 0 Å². The number of benzene rings is 2. The molecule has 0 atom stereocenters. The van der Waals surface area contributed by atoms with Crippen molar-refractivity contribution in [2.24, 2.45) is 0 Å². The van der Waals surface area contributed by atoms with Gasteiger partial charge in [-0.1, -0.05) is 6.07 Å². The summed E-state index contributed by atoms with van der Waals surface area (Å²) in [5, 5.41) is 2.73. The molecule has 2 aromatic rings. The van der Waals surface area contributed by atoms with Crippen molar-refractivity contribution in [1.29, 1.82) is 0 Å². The number of amides is 1. The van der Waals surface area contributed by atoms with E-state index in [9.17, 15) is 22.0 Å². The van der Waals surface area contributed by atoms with Crippen LogP contribution in [0.4, 0.5) is 14.5 Å². The van der Waals surface area contributed by atoms with E-state index in [2.05, 4.69) is 10.1 Å². The van der Waals surface area contributed by atoms with Crippen LogP contribution in [-0.4, -0.2) is 77.1 Å². The molecule has 0 unspecified atom stereocenters. The molecule has 1 N–H and O–H groups in total. The number of methoxy groups -OCH3 is 1. The largest absolute Gasteiger partial charge is 0.493 e. The summed E-state index contributed by atoms with van der Waals surface area (Å²) in [5.74, 6) is -0.195. The second-order valence-corrected chi connectivity index (χ2v) is 9.56. The van der Waals surface area contributed by atoms with Gasteiger partial charge in [-0.3, -0.25) is 9.69 Å². The number of anilines is 1. The van der Waals surface area contributed by atoms with Crippen molar-refractivity contribution in [2.45, 2.75) is 18.1 Å². The van der Waals surface area contributed by atoms with Gasteiger partial charge in [-0.05, 0) is 49.0 Å². The summed E-state index contributed by atoms with van der Waals surface area (Å²) in [6.45, 7) is -1.22. The maximum atomic E-state index is 12.7. The van der Waals surface area contributed by atoms with Crippen LogP contribution < -0.4 is 14.8 Å². The van der Waals surface area contributed by atoms with Crippen LogP contribution in [0, 0.1) is 0 Å². The highest BCUT2D eigenvalue weighted by Gasteiger charge is 2.26. The van der Waals surface area contributed by atoms with Gasteiger partial charge in [0.2, 0.25) is 15.9 Å². The zero-order valence-corrected chi connectivity index (χ0v) is 19.7. The van der Waals surface area contributed by atoms with Crippen LogP contribution in [0.1, 0.15) is 5.56 Å². The van der Waals surface area contributed by atoms with Crippen molar-refractivity contribution in [3.63, 3.8) is 0 Å². The number of likely N-dealkylation sites (N-methyl/N-ethyl adjacent to an activating group) is 1. The number of sulfonamides is 1. The number of nitrogens with zero attached hydrogens (tertiary/aromatic N) is 2. The first kappa shape index (κ1) is 25.8. The summed E-state index contributed by atoms with van der Waals surface area (Å²) in [7, 11) is -0.522. The fraction of sp³-hybridized carbons (Fsp3) is 0.409. The van der Waals surface area contributed by atoms with Crippen molar-refractivity contribution < 1.29 is 36.2 Å². The molecule has 186 valence electrons. The van der Waals surface area contributed by atoms with Crippen LogP contribution in [0.2, 0.25) is 0 Å². The zero-order valence-electron chi connectivity index (χ0n) is 18.9. The van der Waals surface area contributed by atoms with E-state index in [4.69, 9.17) is 9.47 Å². The van der Waals surface area contributed by atoms with Crippen LogP contribution in [0.25, 0.3) is 0 Å². The minimum Gasteiger partial charge on any atom is -0.493 e. The van der Waals surface area contributed by atoms with E-state index in [0.717, 1.165) is 5.56 Å². The van der Waals surface area contributed by atoms with Gasteiger partial charge in [0, 0.05) is 25.3 Å². The van der Waals surface area contributed by atoms with Crippen LogP contribution in [0.3, 0.4) is 0 Å². The van der Waals surface area contributed by atoms with Gasteiger partial charge in [-0.15, -0.1) is 0 Å². The van der Waals surface area contributed by atoms with E-state index in [0.29, 0.717) is 38.5 Å². The molecule has 1 aliphatic heterocycles. The minimum absolute atomic E-state index is 0.0471. The second-order valence-electron chi connectivity index (χ2n) is 7.63. The molecule has 0 spiro atoms. The SMILES string of the molecule is COc1cc(CN(C)CC(=O)Nc2ccc(S(=O)(=O)N3CCOCC3)cc2)ccc1OC(F)F. The van der Waals surface area contributed by atoms with Gasteiger partial charge < -0.3 is 19.5 Å². The van der Waals surface area contributed by atoms with Crippen LogP contribution in [-0.2, 0) is 26.1 Å². The molecule has 0 aromatic heterocycles. The lowest BCUT2D eigenvalue weighted by molar-refractivity contribution is -0.117. The highest BCUT2D eigenvalue weighted by molar-refractivity contribution is 7.89. The number of carbonyl (C=O) groups excluding carboxylic acids is 1. The van der Waals surface area contributed by atoms with E-state index < -0.39 is 16.6 Å². The molecule has 1 saturated heterocycles. The highest BCUT2D eigenvalue weighted by atomic mass is 32.2. The Kier molecular flexibility index (Phi) is 8.78. The Hall–Kier alpha value is -2.80. The summed E-state index contributed by atoms with van der Waals surface area (Å²) in [4.78, 5) is 14.3. The average molecular weight is 500 g/mol. The quantitative estimate of drug-likeness (QED) is 0.536. The smallest absolute Gasteiger partial charge is 0.387 e. The Bertz CT molecular complexity index is 1080. The third-order valence-electron chi connectivity index (χ3n) is 5.06. The Balaban J connectivity index is 1.55. The summed E-state index contributed by atoms with van der Waals surface area (Å²) in [6, 6.07) is 10.6. The average Bonchev–Trinajstić information content (AvgIpc) is 2.80. The van der Waals surface area contributed by atoms with Gasteiger partial charge in [-0.25, -0.2) is 8.42 Å². The first-order valence-electron chi connectivity index (χ1n) is 10.5. The van der Waals surface area contributed by atoms with Gasteiger partial charge in [0.15, 0.2) is 11.5 Å². The summed E-state index contributed by atoms with van der Waals surface area (Å²) in [5.41, 5.74) is 1.21. The Morgan fingerprint density at radius 1 is 1.15 bits per heavy atom. The number of ether oxygens (including phenoxy) is 3. The van der Waals surface area contributed by atoms with Crippen molar-refractivity contribution in [3.8, 4) is 11.5 Å². The van der Waals surface area contributed by atoms with Crippen molar-refractivity contribution in [3.05, 3.63) is 48.0 Å². The summed E-state index contributed by atoms with van der Waals surface area (Å²) >= 11 is 0. The molecule has 0 aliphatic carbocycles. The van der Waals surface area contributed by atoms with Crippen molar-refractivity contribution >= 4 is 21.6 Å². The standard InChI is InChI=1S/C22H27F2N3O6S/c1-26(14-16-3-8-19(33-22(23)24)20(13-16)31-2)15-21(28)25-17-4-6-18(7-5-17)34(29,30)27-9-11-32-12-10-27/h3-8,13,22H,9-12,14-15H2,1-2H3,(H,25,28). The number of alkyl halides is 2. The molecule has 2 aromatic carbocycles. The highest BCUT2D eigenvalue weighted by Crippen LogP contribution is 2.29. The molecule has 1 amide bonds. The molecule has 1 aliphatic rings. The first-order valence-corrected chi connectivity index (χ1v) is 11.9. The molecule has 34 heavy (non-hydrogen) atoms. The number of hydrogen-bond donors (Lipinski definition) is 1. The van der Waals surface area contributed by atoms with Gasteiger partial charge in [0.1, 0.15) is 0 Å². The summed E-state index contributed by atoms with van der Waals surface area (Å²) < 4.78 is 66.4. The van der Waals surface area contributed by atoms with E-state index in [-0.39, 0.29) is 28.8 Å². The monoisotopic (exact) mass is 499 g/mol. The number of nitrogens with one attached hydrogen (secondary N) is 1. The minimum atomic E-state index is -3.60. The molecule has 0 bridgehead atoms.